The van der Waals surface area contributed by atoms with Gasteiger partial charge in [-0.3, -0.25) is 4.79 Å². The number of nitrogens with one attached hydrogen (secondary N) is 1. The Morgan fingerprint density at radius 3 is 2.26 bits per heavy atom. The van der Waals surface area contributed by atoms with Crippen LogP contribution in [0.3, 0.4) is 0 Å². The third kappa shape index (κ3) is 5.27. The Bertz CT molecular complexity index is 694. The van der Waals surface area contributed by atoms with Gasteiger partial charge >= 0.3 is 0 Å². The third-order valence-corrected chi connectivity index (χ3v) is 4.46. The summed E-state index contributed by atoms with van der Waals surface area (Å²) < 4.78 is 5.51. The van der Waals surface area contributed by atoms with Crippen molar-refractivity contribution in [1.82, 2.24) is 0 Å². The van der Waals surface area contributed by atoms with Crippen molar-refractivity contribution in [3.8, 4) is 0 Å². The first-order valence-corrected chi connectivity index (χ1v) is 11.4. The summed E-state index contributed by atoms with van der Waals surface area (Å²) in [5.41, 5.74) is 2.25. The number of benzene rings is 2. The van der Waals surface area contributed by atoms with E-state index < -0.39 is 8.32 Å². The maximum atomic E-state index is 12.1. The van der Waals surface area contributed by atoms with E-state index in [2.05, 4.69) is 5.32 Å². The molecule has 1 N–H and O–H groups in total. The minimum absolute atomic E-state index is 0.204. The van der Waals surface area contributed by atoms with Crippen molar-refractivity contribution in [3.05, 3.63) is 58.1 Å². The van der Waals surface area contributed by atoms with Gasteiger partial charge in [0.1, 0.15) is 0 Å². The average Bonchev–Trinajstić information content (AvgIpc) is 2.42. The molecule has 23 heavy (non-hydrogen) atoms. The summed E-state index contributed by atoms with van der Waals surface area (Å²) in [6.07, 6.45) is 0.204. The van der Waals surface area contributed by atoms with Gasteiger partial charge in [0.25, 0.3) is 5.97 Å². The second-order valence-corrected chi connectivity index (χ2v) is 11.4. The van der Waals surface area contributed by atoms with Crippen molar-refractivity contribution in [2.45, 2.75) is 26.1 Å². The number of hydrogen-bond acceptors (Lipinski definition) is 3. The predicted octanol–water partition coefficient (Wildman–Crippen LogP) is 5.66. The standard InChI is InChI=1S/C17H19Cl2NO2Si/c1-23(2,3)22-16(21)11-12-7-4-5-10-15(12)20-17-13(18)8-6-9-14(17)19/h4-10,20H,11H2,1-3H3. The lowest BCUT2D eigenvalue weighted by Gasteiger charge is -2.18. The van der Waals surface area contributed by atoms with Crippen LogP contribution in [0.1, 0.15) is 5.56 Å². The Morgan fingerprint density at radius 1 is 1.04 bits per heavy atom. The fourth-order valence-corrected chi connectivity index (χ4v) is 3.33. The molecule has 0 bridgehead atoms. The van der Waals surface area contributed by atoms with Crippen molar-refractivity contribution < 1.29 is 9.22 Å². The summed E-state index contributed by atoms with van der Waals surface area (Å²) in [5, 5.41) is 4.27. The van der Waals surface area contributed by atoms with Crippen molar-refractivity contribution in [2.75, 3.05) is 5.32 Å². The number of para-hydroxylation sites is 2. The Kier molecular flexibility index (Phi) is 5.73. The first-order chi connectivity index (χ1) is 10.8. The maximum Gasteiger partial charge on any atom is 0.297 e. The van der Waals surface area contributed by atoms with Gasteiger partial charge in [-0.1, -0.05) is 47.5 Å². The van der Waals surface area contributed by atoms with Crippen LogP contribution >= 0.6 is 23.2 Å². The zero-order valence-corrected chi connectivity index (χ0v) is 15.8. The van der Waals surface area contributed by atoms with E-state index in [4.69, 9.17) is 27.6 Å². The fraction of sp³-hybridized carbons (Fsp3) is 0.235. The topological polar surface area (TPSA) is 38.3 Å². The van der Waals surface area contributed by atoms with Gasteiger partial charge in [0.2, 0.25) is 8.32 Å². The van der Waals surface area contributed by atoms with E-state index in [0.717, 1.165) is 11.3 Å². The first kappa shape index (κ1) is 17.9. The van der Waals surface area contributed by atoms with Gasteiger partial charge in [-0.2, -0.15) is 0 Å². The molecule has 0 atom stereocenters. The molecule has 0 aliphatic rings. The molecule has 0 radical (unpaired) electrons. The smallest absolute Gasteiger partial charge is 0.297 e. The lowest BCUT2D eigenvalue weighted by atomic mass is 10.1. The lowest BCUT2D eigenvalue weighted by Crippen LogP contribution is -2.30. The monoisotopic (exact) mass is 367 g/mol. The van der Waals surface area contributed by atoms with Gasteiger partial charge < -0.3 is 9.74 Å². The fourth-order valence-electron chi connectivity index (χ4n) is 2.08. The molecule has 0 unspecified atom stereocenters. The molecule has 2 rings (SSSR count). The van der Waals surface area contributed by atoms with Gasteiger partial charge in [-0.05, 0) is 43.4 Å². The largest absolute Gasteiger partial charge is 0.520 e. The summed E-state index contributed by atoms with van der Waals surface area (Å²) in [6.45, 7) is 5.95. The van der Waals surface area contributed by atoms with Crippen LogP contribution in [-0.2, 0) is 15.6 Å². The van der Waals surface area contributed by atoms with Gasteiger partial charge in [-0.25, -0.2) is 0 Å². The highest BCUT2D eigenvalue weighted by Gasteiger charge is 2.20. The molecule has 0 fully saturated rings. The molecule has 122 valence electrons. The molecule has 0 spiro atoms. The number of carbonyl (C=O) groups is 1. The van der Waals surface area contributed by atoms with Gasteiger partial charge in [0.05, 0.1) is 22.2 Å². The van der Waals surface area contributed by atoms with E-state index in [-0.39, 0.29) is 12.4 Å². The highest BCUT2D eigenvalue weighted by Crippen LogP contribution is 2.33. The summed E-state index contributed by atoms with van der Waals surface area (Å²) in [6, 6.07) is 12.9. The Hall–Kier alpha value is -1.49. The molecular weight excluding hydrogens is 349 g/mol. The van der Waals surface area contributed by atoms with E-state index in [1.807, 2.05) is 43.9 Å². The number of hydrogen-bond donors (Lipinski definition) is 1. The zero-order valence-electron chi connectivity index (χ0n) is 13.3. The third-order valence-electron chi connectivity index (χ3n) is 2.99. The van der Waals surface area contributed by atoms with E-state index in [0.29, 0.717) is 15.7 Å². The van der Waals surface area contributed by atoms with Gasteiger partial charge in [0, 0.05) is 5.69 Å². The Labute approximate surface area is 147 Å². The molecule has 0 saturated carbocycles. The van der Waals surface area contributed by atoms with Crippen LogP contribution in [0.2, 0.25) is 29.7 Å². The van der Waals surface area contributed by atoms with Crippen LogP contribution in [0.5, 0.6) is 0 Å². The highest BCUT2D eigenvalue weighted by molar-refractivity contribution is 6.71. The number of carbonyl (C=O) groups excluding carboxylic acids is 1. The van der Waals surface area contributed by atoms with Crippen LogP contribution in [0.25, 0.3) is 0 Å². The SMILES string of the molecule is C[Si](C)(C)OC(=O)Cc1ccccc1Nc1c(Cl)cccc1Cl. The summed E-state index contributed by atoms with van der Waals surface area (Å²) in [5.74, 6) is -0.219. The summed E-state index contributed by atoms with van der Waals surface area (Å²) in [4.78, 5) is 12.1. The molecular formula is C17H19Cl2NO2Si. The Morgan fingerprint density at radius 2 is 1.65 bits per heavy atom. The second kappa shape index (κ2) is 7.38. The quantitative estimate of drug-likeness (QED) is 0.693. The highest BCUT2D eigenvalue weighted by atomic mass is 35.5. The van der Waals surface area contributed by atoms with Crippen LogP contribution in [0.4, 0.5) is 11.4 Å². The van der Waals surface area contributed by atoms with Crippen LogP contribution in [0, 0.1) is 0 Å². The molecule has 3 nitrogen and oxygen atoms in total. The van der Waals surface area contributed by atoms with Gasteiger partial charge in [0.15, 0.2) is 0 Å². The number of halogens is 2. The predicted molar refractivity (Wildman–Crippen MR) is 99.3 cm³/mol. The van der Waals surface area contributed by atoms with Crippen molar-refractivity contribution >= 4 is 48.9 Å². The first-order valence-electron chi connectivity index (χ1n) is 7.27. The lowest BCUT2D eigenvalue weighted by molar-refractivity contribution is -0.134. The van der Waals surface area contributed by atoms with E-state index >= 15 is 0 Å². The van der Waals surface area contributed by atoms with Crippen molar-refractivity contribution in [2.24, 2.45) is 0 Å². The minimum atomic E-state index is -1.90. The molecule has 2 aromatic rings. The molecule has 2 aromatic carbocycles. The minimum Gasteiger partial charge on any atom is -0.520 e. The van der Waals surface area contributed by atoms with E-state index in [1.54, 1.807) is 18.2 Å². The summed E-state index contributed by atoms with van der Waals surface area (Å²) >= 11 is 12.4. The van der Waals surface area contributed by atoms with Crippen molar-refractivity contribution in [1.29, 1.82) is 0 Å². The molecule has 0 aliphatic carbocycles. The maximum absolute atomic E-state index is 12.1. The normalized spacial score (nSPS) is 11.2. The number of rotatable bonds is 5. The molecule has 0 saturated heterocycles. The molecule has 0 aliphatic heterocycles. The van der Waals surface area contributed by atoms with Crippen LogP contribution < -0.4 is 5.32 Å². The Balaban J connectivity index is 2.23. The van der Waals surface area contributed by atoms with Crippen LogP contribution in [0.15, 0.2) is 42.5 Å². The molecule has 6 heteroatoms. The van der Waals surface area contributed by atoms with E-state index in [1.165, 1.54) is 0 Å². The average molecular weight is 368 g/mol. The molecule has 0 aromatic heterocycles. The molecule has 0 heterocycles. The van der Waals surface area contributed by atoms with E-state index in [9.17, 15) is 4.79 Å². The zero-order chi connectivity index (χ0) is 17.0. The second-order valence-electron chi connectivity index (χ2n) is 6.14. The summed E-state index contributed by atoms with van der Waals surface area (Å²) in [7, 11) is -1.90. The van der Waals surface area contributed by atoms with Gasteiger partial charge in [-0.15, -0.1) is 0 Å². The molecule has 0 amide bonds. The number of anilines is 2. The van der Waals surface area contributed by atoms with Crippen LogP contribution in [-0.4, -0.2) is 14.3 Å². The van der Waals surface area contributed by atoms with Crippen molar-refractivity contribution in [3.63, 3.8) is 0 Å².